The molecule has 0 radical (unpaired) electrons. The first kappa shape index (κ1) is 21.2. The molecular weight excluding hydrogens is 398 g/mol. The number of hydrogen-bond acceptors (Lipinski definition) is 6. The molecule has 0 N–H and O–H groups in total. The Labute approximate surface area is 182 Å². The zero-order valence-corrected chi connectivity index (χ0v) is 18.3. The molecule has 2 aliphatic rings. The summed E-state index contributed by atoms with van der Waals surface area (Å²) in [5.74, 6) is 1.32. The molecular formula is C23H29N3O5. The standard InChI is InChI=1S/C23H29N3O5/c1-4-29-23(28)19-11-16(2)26(17(19)3)14-22(27)25-9-7-24(8-10-25)13-18-5-6-20-21(12-18)31-15-30-20/h5-6,11-12H,4,7-10,13-15H2,1-3H3. The monoisotopic (exact) mass is 427 g/mol. The number of esters is 1. The lowest BCUT2D eigenvalue weighted by Crippen LogP contribution is -2.49. The van der Waals surface area contributed by atoms with E-state index in [0.29, 0.717) is 25.3 Å². The fraction of sp³-hybridized carbons (Fsp3) is 0.478. The molecule has 2 aromatic rings. The number of fused-ring (bicyclic) bond motifs is 1. The van der Waals surface area contributed by atoms with Crippen molar-refractivity contribution < 1.29 is 23.8 Å². The highest BCUT2D eigenvalue weighted by Crippen LogP contribution is 2.32. The van der Waals surface area contributed by atoms with Crippen molar-refractivity contribution in [2.75, 3.05) is 39.6 Å². The Morgan fingerprint density at radius 2 is 1.77 bits per heavy atom. The van der Waals surface area contributed by atoms with Crippen molar-refractivity contribution in [3.05, 3.63) is 46.8 Å². The van der Waals surface area contributed by atoms with Gasteiger partial charge in [0.2, 0.25) is 12.7 Å². The number of carbonyl (C=O) groups is 2. The fourth-order valence-electron chi connectivity index (χ4n) is 4.15. The second kappa shape index (κ2) is 9.01. The predicted molar refractivity (Wildman–Crippen MR) is 114 cm³/mol. The van der Waals surface area contributed by atoms with Crippen LogP contribution in [0.5, 0.6) is 11.5 Å². The fourth-order valence-corrected chi connectivity index (χ4v) is 4.15. The van der Waals surface area contributed by atoms with E-state index in [1.54, 1.807) is 13.0 Å². The molecule has 0 atom stereocenters. The maximum Gasteiger partial charge on any atom is 0.339 e. The van der Waals surface area contributed by atoms with Crippen LogP contribution in [0.25, 0.3) is 0 Å². The van der Waals surface area contributed by atoms with Crippen LogP contribution in [0.4, 0.5) is 0 Å². The molecule has 0 bridgehead atoms. The topological polar surface area (TPSA) is 73.2 Å². The number of aryl methyl sites for hydroxylation is 1. The Hall–Kier alpha value is -3.00. The molecule has 1 saturated heterocycles. The number of nitrogens with zero attached hydrogens (tertiary/aromatic N) is 3. The quantitative estimate of drug-likeness (QED) is 0.659. The van der Waals surface area contributed by atoms with Gasteiger partial charge in [-0.2, -0.15) is 0 Å². The summed E-state index contributed by atoms with van der Waals surface area (Å²) >= 11 is 0. The van der Waals surface area contributed by atoms with E-state index in [2.05, 4.69) is 11.0 Å². The van der Waals surface area contributed by atoms with Crippen LogP contribution >= 0.6 is 0 Å². The summed E-state index contributed by atoms with van der Waals surface area (Å²) in [7, 11) is 0. The lowest BCUT2D eigenvalue weighted by Gasteiger charge is -2.35. The van der Waals surface area contributed by atoms with E-state index >= 15 is 0 Å². The lowest BCUT2D eigenvalue weighted by atomic mass is 10.1. The Kier molecular flexibility index (Phi) is 6.18. The van der Waals surface area contributed by atoms with Crippen LogP contribution in [0.2, 0.25) is 0 Å². The summed E-state index contributed by atoms with van der Waals surface area (Å²) in [5.41, 5.74) is 3.36. The molecule has 8 heteroatoms. The molecule has 1 amide bonds. The van der Waals surface area contributed by atoms with Gasteiger partial charge in [0.05, 0.1) is 12.2 Å². The van der Waals surface area contributed by atoms with E-state index in [-0.39, 0.29) is 25.2 Å². The Morgan fingerprint density at radius 3 is 2.52 bits per heavy atom. The average Bonchev–Trinajstić information content (AvgIpc) is 3.33. The highest BCUT2D eigenvalue weighted by Gasteiger charge is 2.24. The number of hydrogen-bond donors (Lipinski definition) is 0. The number of carbonyl (C=O) groups excluding carboxylic acids is 2. The maximum atomic E-state index is 12.9. The number of piperazine rings is 1. The first-order valence-corrected chi connectivity index (χ1v) is 10.7. The summed E-state index contributed by atoms with van der Waals surface area (Å²) in [4.78, 5) is 29.3. The average molecular weight is 428 g/mol. The minimum absolute atomic E-state index is 0.0694. The minimum Gasteiger partial charge on any atom is -0.462 e. The van der Waals surface area contributed by atoms with Crippen molar-refractivity contribution in [3.8, 4) is 11.5 Å². The first-order valence-electron chi connectivity index (χ1n) is 10.7. The molecule has 1 fully saturated rings. The zero-order valence-electron chi connectivity index (χ0n) is 18.3. The van der Waals surface area contributed by atoms with E-state index in [4.69, 9.17) is 14.2 Å². The number of ether oxygens (including phenoxy) is 3. The minimum atomic E-state index is -0.341. The molecule has 166 valence electrons. The normalized spacial score (nSPS) is 15.9. The molecule has 1 aromatic heterocycles. The van der Waals surface area contributed by atoms with E-state index in [0.717, 1.165) is 42.5 Å². The third-order valence-electron chi connectivity index (χ3n) is 5.93. The summed E-state index contributed by atoms with van der Waals surface area (Å²) in [5, 5.41) is 0. The largest absolute Gasteiger partial charge is 0.462 e. The van der Waals surface area contributed by atoms with Crippen molar-refractivity contribution in [2.45, 2.75) is 33.9 Å². The lowest BCUT2D eigenvalue weighted by molar-refractivity contribution is -0.133. The molecule has 4 rings (SSSR count). The van der Waals surface area contributed by atoms with Gasteiger partial charge in [0, 0.05) is 44.1 Å². The van der Waals surface area contributed by atoms with Crippen LogP contribution in [-0.2, 0) is 22.6 Å². The van der Waals surface area contributed by atoms with Crippen LogP contribution in [0.3, 0.4) is 0 Å². The second-order valence-electron chi connectivity index (χ2n) is 7.94. The third-order valence-corrected chi connectivity index (χ3v) is 5.93. The van der Waals surface area contributed by atoms with Gasteiger partial charge in [-0.3, -0.25) is 9.69 Å². The Bertz CT molecular complexity index is 976. The molecule has 0 unspecified atom stereocenters. The Balaban J connectivity index is 1.32. The molecule has 8 nitrogen and oxygen atoms in total. The van der Waals surface area contributed by atoms with Gasteiger partial charge in [-0.25, -0.2) is 4.79 Å². The zero-order chi connectivity index (χ0) is 22.0. The van der Waals surface area contributed by atoms with Gasteiger partial charge in [-0.1, -0.05) is 6.07 Å². The highest BCUT2D eigenvalue weighted by atomic mass is 16.7. The highest BCUT2D eigenvalue weighted by molar-refractivity contribution is 5.91. The second-order valence-corrected chi connectivity index (χ2v) is 7.94. The van der Waals surface area contributed by atoms with Crippen LogP contribution in [0.1, 0.15) is 34.2 Å². The molecule has 0 saturated carbocycles. The van der Waals surface area contributed by atoms with E-state index in [1.807, 2.05) is 35.4 Å². The van der Waals surface area contributed by atoms with Crippen LogP contribution in [0, 0.1) is 13.8 Å². The van der Waals surface area contributed by atoms with Gasteiger partial charge in [-0.05, 0) is 44.5 Å². The molecule has 3 heterocycles. The number of benzene rings is 1. The molecule has 0 spiro atoms. The van der Waals surface area contributed by atoms with E-state index in [1.165, 1.54) is 5.56 Å². The smallest absolute Gasteiger partial charge is 0.339 e. The number of aromatic nitrogens is 1. The van der Waals surface area contributed by atoms with E-state index < -0.39 is 0 Å². The summed E-state index contributed by atoms with van der Waals surface area (Å²) in [6.07, 6.45) is 0. The van der Waals surface area contributed by atoms with Crippen molar-refractivity contribution in [3.63, 3.8) is 0 Å². The molecule has 1 aromatic carbocycles. The van der Waals surface area contributed by atoms with Crippen molar-refractivity contribution >= 4 is 11.9 Å². The van der Waals surface area contributed by atoms with Gasteiger partial charge < -0.3 is 23.7 Å². The molecule has 2 aliphatic heterocycles. The van der Waals surface area contributed by atoms with Crippen LogP contribution < -0.4 is 9.47 Å². The summed E-state index contributed by atoms with van der Waals surface area (Å²) < 4.78 is 17.8. The summed E-state index contributed by atoms with van der Waals surface area (Å²) in [6, 6.07) is 7.83. The number of amides is 1. The third kappa shape index (κ3) is 4.54. The van der Waals surface area contributed by atoms with Gasteiger partial charge in [0.25, 0.3) is 0 Å². The van der Waals surface area contributed by atoms with Gasteiger partial charge in [-0.15, -0.1) is 0 Å². The van der Waals surface area contributed by atoms with Crippen molar-refractivity contribution in [1.82, 2.24) is 14.4 Å². The van der Waals surface area contributed by atoms with Gasteiger partial charge >= 0.3 is 5.97 Å². The SMILES string of the molecule is CCOC(=O)c1cc(C)n(CC(=O)N2CCN(Cc3ccc4c(c3)OCO4)CC2)c1C. The van der Waals surface area contributed by atoms with Crippen LogP contribution in [0.15, 0.2) is 24.3 Å². The predicted octanol–water partition coefficient (Wildman–Crippen LogP) is 2.35. The first-order chi connectivity index (χ1) is 15.0. The van der Waals surface area contributed by atoms with Crippen molar-refractivity contribution in [1.29, 1.82) is 0 Å². The van der Waals surface area contributed by atoms with Crippen LogP contribution in [-0.4, -0.2) is 65.8 Å². The Morgan fingerprint density at radius 1 is 1.03 bits per heavy atom. The molecule has 0 aliphatic carbocycles. The number of rotatable bonds is 6. The van der Waals surface area contributed by atoms with Gasteiger partial charge in [0.1, 0.15) is 6.54 Å². The van der Waals surface area contributed by atoms with Crippen molar-refractivity contribution in [2.24, 2.45) is 0 Å². The summed E-state index contributed by atoms with van der Waals surface area (Å²) in [6.45, 7) is 10.2. The van der Waals surface area contributed by atoms with Gasteiger partial charge in [0.15, 0.2) is 11.5 Å². The van der Waals surface area contributed by atoms with E-state index in [9.17, 15) is 9.59 Å². The molecule has 31 heavy (non-hydrogen) atoms. The maximum absolute atomic E-state index is 12.9.